The third-order valence-corrected chi connectivity index (χ3v) is 4.64. The van der Waals surface area contributed by atoms with Crippen molar-refractivity contribution in [3.8, 4) is 0 Å². The minimum atomic E-state index is -0.760. The van der Waals surface area contributed by atoms with Crippen molar-refractivity contribution in [3.63, 3.8) is 0 Å². The summed E-state index contributed by atoms with van der Waals surface area (Å²) in [5.41, 5.74) is 1.42. The summed E-state index contributed by atoms with van der Waals surface area (Å²) in [4.78, 5) is 20.1. The molecule has 1 unspecified atom stereocenters. The lowest BCUT2D eigenvalue weighted by atomic mass is 9.71. The first kappa shape index (κ1) is 18.5. The highest BCUT2D eigenvalue weighted by Gasteiger charge is 2.31. The van der Waals surface area contributed by atoms with Crippen molar-refractivity contribution >= 4 is 11.7 Å². The molecule has 0 amide bonds. The maximum atomic E-state index is 10.5. The number of hydrogen-bond acceptors (Lipinski definition) is 4. The SMILES string of the molecule is CC1(C)CCCC(/C(Cn2ccnc2)=N\OCCCCC(=O)O)C1. The van der Waals surface area contributed by atoms with E-state index < -0.39 is 5.97 Å². The summed E-state index contributed by atoms with van der Waals surface area (Å²) in [6.07, 6.45) is 11.8. The van der Waals surface area contributed by atoms with Crippen LogP contribution in [0, 0.1) is 11.3 Å². The molecular weight excluding hydrogens is 306 g/mol. The van der Waals surface area contributed by atoms with Gasteiger partial charge in [0, 0.05) is 24.7 Å². The highest BCUT2D eigenvalue weighted by Crippen LogP contribution is 2.39. The van der Waals surface area contributed by atoms with Crippen molar-refractivity contribution in [2.24, 2.45) is 16.5 Å². The summed E-state index contributed by atoms with van der Waals surface area (Å²) in [5.74, 6) is -0.320. The first-order valence-electron chi connectivity index (χ1n) is 8.82. The summed E-state index contributed by atoms with van der Waals surface area (Å²) in [6.45, 7) is 5.81. The van der Waals surface area contributed by atoms with Gasteiger partial charge in [0.15, 0.2) is 0 Å². The molecule has 6 nitrogen and oxygen atoms in total. The fourth-order valence-corrected chi connectivity index (χ4v) is 3.35. The van der Waals surface area contributed by atoms with Crippen molar-refractivity contribution in [2.75, 3.05) is 6.61 Å². The predicted octanol–water partition coefficient (Wildman–Crippen LogP) is 3.73. The highest BCUT2D eigenvalue weighted by molar-refractivity contribution is 5.86. The van der Waals surface area contributed by atoms with Crippen LogP contribution in [-0.4, -0.2) is 32.9 Å². The zero-order chi connectivity index (χ0) is 17.4. The molecular formula is C18H29N3O3. The number of carbonyl (C=O) groups is 1. The summed E-state index contributed by atoms with van der Waals surface area (Å²) < 4.78 is 2.02. The van der Waals surface area contributed by atoms with Crippen LogP contribution in [0.15, 0.2) is 23.9 Å². The molecule has 1 N–H and O–H groups in total. The van der Waals surface area contributed by atoms with E-state index in [1.54, 1.807) is 12.5 Å². The van der Waals surface area contributed by atoms with Crippen LogP contribution in [0.1, 0.15) is 58.8 Å². The summed E-state index contributed by atoms with van der Waals surface area (Å²) in [6, 6.07) is 0. The fraction of sp³-hybridized carbons (Fsp3) is 0.722. The van der Waals surface area contributed by atoms with Gasteiger partial charge in [-0.3, -0.25) is 4.79 Å². The maximum Gasteiger partial charge on any atom is 0.303 e. The Hall–Kier alpha value is -1.85. The largest absolute Gasteiger partial charge is 0.481 e. The maximum absolute atomic E-state index is 10.5. The molecule has 1 heterocycles. The quantitative estimate of drug-likeness (QED) is 0.424. The lowest BCUT2D eigenvalue weighted by Gasteiger charge is -2.35. The van der Waals surface area contributed by atoms with Crippen LogP contribution in [0.4, 0.5) is 0 Å². The third-order valence-electron chi connectivity index (χ3n) is 4.64. The Labute approximate surface area is 143 Å². The van der Waals surface area contributed by atoms with Crippen LogP contribution in [0.25, 0.3) is 0 Å². The van der Waals surface area contributed by atoms with Crippen LogP contribution < -0.4 is 0 Å². The van der Waals surface area contributed by atoms with Crippen molar-refractivity contribution in [2.45, 2.75) is 65.3 Å². The number of aliphatic carboxylic acids is 1. The molecule has 0 saturated heterocycles. The Morgan fingerprint density at radius 2 is 2.29 bits per heavy atom. The van der Waals surface area contributed by atoms with E-state index in [0.29, 0.717) is 37.3 Å². The molecule has 134 valence electrons. The van der Waals surface area contributed by atoms with Gasteiger partial charge in [0.1, 0.15) is 6.61 Å². The van der Waals surface area contributed by atoms with Gasteiger partial charge in [0.2, 0.25) is 0 Å². The third kappa shape index (κ3) is 6.34. The monoisotopic (exact) mass is 335 g/mol. The molecule has 0 aliphatic heterocycles. The number of imidazole rings is 1. The second-order valence-electron chi connectivity index (χ2n) is 7.46. The number of aromatic nitrogens is 2. The van der Waals surface area contributed by atoms with E-state index in [2.05, 4.69) is 24.0 Å². The molecule has 0 aromatic carbocycles. The second-order valence-corrected chi connectivity index (χ2v) is 7.46. The number of unbranched alkanes of at least 4 members (excludes halogenated alkanes) is 1. The van der Waals surface area contributed by atoms with E-state index in [9.17, 15) is 4.79 Å². The van der Waals surface area contributed by atoms with E-state index in [4.69, 9.17) is 9.94 Å². The first-order valence-corrected chi connectivity index (χ1v) is 8.82. The lowest BCUT2D eigenvalue weighted by molar-refractivity contribution is -0.137. The van der Waals surface area contributed by atoms with Crippen LogP contribution in [-0.2, 0) is 16.2 Å². The molecule has 2 rings (SSSR count). The van der Waals surface area contributed by atoms with Gasteiger partial charge in [-0.05, 0) is 37.5 Å². The summed E-state index contributed by atoms with van der Waals surface area (Å²) in [5, 5.41) is 13.1. The van der Waals surface area contributed by atoms with E-state index in [0.717, 1.165) is 18.6 Å². The standard InChI is InChI=1S/C18H29N3O3/c1-18(2)8-5-6-15(12-18)16(13-21-10-9-19-14-21)20-24-11-4-3-7-17(22)23/h9-10,14-15H,3-8,11-13H2,1-2H3,(H,22,23)/b20-16-. The fourth-order valence-electron chi connectivity index (χ4n) is 3.35. The van der Waals surface area contributed by atoms with E-state index >= 15 is 0 Å². The van der Waals surface area contributed by atoms with Gasteiger partial charge in [-0.2, -0.15) is 0 Å². The zero-order valence-corrected chi connectivity index (χ0v) is 14.8. The number of oxime groups is 1. The van der Waals surface area contributed by atoms with Crippen LogP contribution >= 0.6 is 0 Å². The number of nitrogens with zero attached hydrogens (tertiary/aromatic N) is 3. The van der Waals surface area contributed by atoms with Crippen LogP contribution in [0.3, 0.4) is 0 Å². The molecule has 0 bridgehead atoms. The van der Waals surface area contributed by atoms with Gasteiger partial charge in [0.25, 0.3) is 0 Å². The average molecular weight is 335 g/mol. The van der Waals surface area contributed by atoms with Gasteiger partial charge in [0.05, 0.1) is 18.6 Å². The van der Waals surface area contributed by atoms with Crippen LogP contribution in [0.2, 0.25) is 0 Å². The van der Waals surface area contributed by atoms with Gasteiger partial charge < -0.3 is 14.5 Å². The lowest BCUT2D eigenvalue weighted by Crippen LogP contribution is -2.30. The zero-order valence-electron chi connectivity index (χ0n) is 14.8. The first-order chi connectivity index (χ1) is 11.5. The molecule has 1 saturated carbocycles. The van der Waals surface area contributed by atoms with Crippen molar-refractivity contribution in [3.05, 3.63) is 18.7 Å². The van der Waals surface area contributed by atoms with Gasteiger partial charge in [-0.25, -0.2) is 4.98 Å². The summed E-state index contributed by atoms with van der Waals surface area (Å²) in [7, 11) is 0. The van der Waals surface area contributed by atoms with Crippen molar-refractivity contribution < 1.29 is 14.7 Å². The number of rotatable bonds is 9. The number of hydrogen-bond donors (Lipinski definition) is 1. The van der Waals surface area contributed by atoms with E-state index in [1.807, 2.05) is 10.8 Å². The molecule has 1 aromatic heterocycles. The molecule has 0 radical (unpaired) electrons. The Bertz CT molecular complexity index is 538. The van der Waals surface area contributed by atoms with E-state index in [1.165, 1.54) is 12.8 Å². The molecule has 24 heavy (non-hydrogen) atoms. The predicted molar refractivity (Wildman–Crippen MR) is 92.8 cm³/mol. The molecule has 6 heteroatoms. The molecule has 1 aliphatic rings. The smallest absolute Gasteiger partial charge is 0.303 e. The Balaban J connectivity index is 1.92. The van der Waals surface area contributed by atoms with Gasteiger partial charge in [-0.1, -0.05) is 25.4 Å². The second kappa shape index (κ2) is 8.85. The molecule has 1 fully saturated rings. The van der Waals surface area contributed by atoms with Crippen molar-refractivity contribution in [1.29, 1.82) is 0 Å². The molecule has 1 aliphatic carbocycles. The number of carboxylic acids is 1. The van der Waals surface area contributed by atoms with Crippen molar-refractivity contribution in [1.82, 2.24) is 9.55 Å². The van der Waals surface area contributed by atoms with Gasteiger partial charge >= 0.3 is 5.97 Å². The summed E-state index contributed by atoms with van der Waals surface area (Å²) >= 11 is 0. The Morgan fingerprint density at radius 3 is 2.96 bits per heavy atom. The highest BCUT2D eigenvalue weighted by atomic mass is 16.6. The average Bonchev–Trinajstić information content (AvgIpc) is 3.01. The number of carboxylic acid groups (broad SMARTS) is 1. The minimum absolute atomic E-state index is 0.186. The Kier molecular flexibility index (Phi) is 6.82. The molecule has 0 spiro atoms. The molecule has 1 aromatic rings. The topological polar surface area (TPSA) is 76.7 Å². The normalized spacial score (nSPS) is 20.8. The van der Waals surface area contributed by atoms with Gasteiger partial charge in [-0.15, -0.1) is 0 Å². The molecule has 1 atom stereocenters. The minimum Gasteiger partial charge on any atom is -0.481 e. The Morgan fingerprint density at radius 1 is 1.46 bits per heavy atom. The van der Waals surface area contributed by atoms with Crippen LogP contribution in [0.5, 0.6) is 0 Å². The van der Waals surface area contributed by atoms with E-state index in [-0.39, 0.29) is 6.42 Å².